The zero-order valence-electron chi connectivity index (χ0n) is 14.4. The van der Waals surface area contributed by atoms with Crippen molar-refractivity contribution in [2.45, 2.75) is 31.6 Å². The molecule has 2 N–H and O–H groups in total. The Kier molecular flexibility index (Phi) is 6.82. The average molecular weight is 395 g/mol. The van der Waals surface area contributed by atoms with Gasteiger partial charge in [-0.1, -0.05) is 29.4 Å². The Balaban J connectivity index is 2.23. The standard InChI is InChI=1S/C17H19ClN4O3S/c1-4-7-22-15(24)12-6-5-11(18)8-13(12)20-17(22)26-9-14(23)21-16(25)19-10(2)3/h4-6,8,10H,1,7,9H2,2-3H3,(H2,19,21,23,25). The molecule has 7 nitrogen and oxygen atoms in total. The fraction of sp³-hybridized carbons (Fsp3) is 0.294. The SMILES string of the molecule is C=CCn1c(SCC(=O)NC(=O)NC(C)C)nc2cc(Cl)ccc2c1=O. The zero-order valence-corrected chi connectivity index (χ0v) is 16.0. The van der Waals surface area contributed by atoms with Gasteiger partial charge in [-0.25, -0.2) is 9.78 Å². The number of thioether (sulfide) groups is 1. The van der Waals surface area contributed by atoms with Gasteiger partial charge in [-0.15, -0.1) is 6.58 Å². The number of carbonyl (C=O) groups excluding carboxylic acids is 2. The molecule has 1 aromatic heterocycles. The number of fused-ring (bicyclic) bond motifs is 1. The lowest BCUT2D eigenvalue weighted by atomic mass is 10.2. The van der Waals surface area contributed by atoms with Crippen molar-refractivity contribution in [3.8, 4) is 0 Å². The second-order valence-electron chi connectivity index (χ2n) is 5.73. The molecule has 0 bridgehead atoms. The van der Waals surface area contributed by atoms with Crippen molar-refractivity contribution in [1.29, 1.82) is 0 Å². The summed E-state index contributed by atoms with van der Waals surface area (Å²) >= 11 is 7.03. The van der Waals surface area contributed by atoms with Gasteiger partial charge in [-0.05, 0) is 32.0 Å². The van der Waals surface area contributed by atoms with E-state index < -0.39 is 11.9 Å². The molecular formula is C17H19ClN4O3S. The van der Waals surface area contributed by atoms with Crippen LogP contribution in [-0.2, 0) is 11.3 Å². The number of benzene rings is 1. The van der Waals surface area contributed by atoms with E-state index >= 15 is 0 Å². The largest absolute Gasteiger partial charge is 0.336 e. The van der Waals surface area contributed by atoms with Crippen LogP contribution in [0.4, 0.5) is 4.79 Å². The number of amides is 3. The van der Waals surface area contributed by atoms with Gasteiger partial charge in [-0.3, -0.25) is 19.5 Å². The number of nitrogens with zero attached hydrogens (tertiary/aromatic N) is 2. The molecule has 2 rings (SSSR count). The summed E-state index contributed by atoms with van der Waals surface area (Å²) in [6.45, 7) is 7.47. The molecule has 0 saturated heterocycles. The maximum Gasteiger partial charge on any atom is 0.321 e. The van der Waals surface area contributed by atoms with Crippen molar-refractivity contribution < 1.29 is 9.59 Å². The van der Waals surface area contributed by atoms with Gasteiger partial charge >= 0.3 is 6.03 Å². The third kappa shape index (κ3) is 5.09. The number of nitrogens with one attached hydrogen (secondary N) is 2. The highest BCUT2D eigenvalue weighted by Crippen LogP contribution is 2.20. The highest BCUT2D eigenvalue weighted by atomic mass is 35.5. The summed E-state index contributed by atoms with van der Waals surface area (Å²) in [5.41, 5.74) is 0.204. The van der Waals surface area contributed by atoms with Crippen molar-refractivity contribution in [2.24, 2.45) is 0 Å². The molecule has 0 aliphatic rings. The van der Waals surface area contributed by atoms with E-state index in [9.17, 15) is 14.4 Å². The van der Waals surface area contributed by atoms with Crippen molar-refractivity contribution >= 4 is 46.2 Å². The van der Waals surface area contributed by atoms with Crippen LogP contribution in [0.15, 0.2) is 40.8 Å². The van der Waals surface area contributed by atoms with E-state index in [4.69, 9.17) is 11.6 Å². The number of imide groups is 1. The molecule has 9 heteroatoms. The predicted molar refractivity (Wildman–Crippen MR) is 104 cm³/mol. The lowest BCUT2D eigenvalue weighted by Gasteiger charge is -2.12. The van der Waals surface area contributed by atoms with Crippen molar-refractivity contribution in [3.63, 3.8) is 0 Å². The Labute approximate surface area is 159 Å². The van der Waals surface area contributed by atoms with E-state index in [0.29, 0.717) is 21.1 Å². The molecular weight excluding hydrogens is 376 g/mol. The van der Waals surface area contributed by atoms with Crippen LogP contribution in [0.5, 0.6) is 0 Å². The third-order valence-corrected chi connectivity index (χ3v) is 4.41. The van der Waals surface area contributed by atoms with Gasteiger partial charge in [0, 0.05) is 17.6 Å². The fourth-order valence-electron chi connectivity index (χ4n) is 2.17. The first-order chi connectivity index (χ1) is 12.3. The summed E-state index contributed by atoms with van der Waals surface area (Å²) in [7, 11) is 0. The van der Waals surface area contributed by atoms with Crippen LogP contribution in [0.3, 0.4) is 0 Å². The van der Waals surface area contributed by atoms with Gasteiger partial charge < -0.3 is 5.32 Å². The molecule has 1 aromatic carbocycles. The molecule has 2 aromatic rings. The highest BCUT2D eigenvalue weighted by Gasteiger charge is 2.14. The Morgan fingerprint density at radius 3 is 2.81 bits per heavy atom. The van der Waals surface area contributed by atoms with E-state index in [1.807, 2.05) is 0 Å². The molecule has 0 radical (unpaired) electrons. The number of allylic oxidation sites excluding steroid dienone is 1. The molecule has 0 unspecified atom stereocenters. The van der Waals surface area contributed by atoms with Gasteiger partial charge in [-0.2, -0.15) is 0 Å². The molecule has 3 amide bonds. The minimum Gasteiger partial charge on any atom is -0.336 e. The zero-order chi connectivity index (χ0) is 19.3. The number of halogens is 1. The fourth-order valence-corrected chi connectivity index (χ4v) is 3.14. The first-order valence-corrected chi connectivity index (χ1v) is 9.22. The van der Waals surface area contributed by atoms with E-state index in [1.54, 1.807) is 38.1 Å². The number of hydrogen-bond acceptors (Lipinski definition) is 5. The minimum absolute atomic E-state index is 0.0683. The number of carbonyl (C=O) groups is 2. The Hall–Kier alpha value is -2.32. The molecule has 0 spiro atoms. The maximum absolute atomic E-state index is 12.6. The summed E-state index contributed by atoms with van der Waals surface area (Å²) in [6, 6.07) is 4.19. The monoisotopic (exact) mass is 394 g/mol. The van der Waals surface area contributed by atoms with Gasteiger partial charge in [0.05, 0.1) is 16.7 Å². The molecule has 0 aliphatic heterocycles. The highest BCUT2D eigenvalue weighted by molar-refractivity contribution is 7.99. The number of aromatic nitrogens is 2. The lowest BCUT2D eigenvalue weighted by Crippen LogP contribution is -2.43. The summed E-state index contributed by atoms with van der Waals surface area (Å²) in [4.78, 5) is 40.6. The van der Waals surface area contributed by atoms with E-state index in [-0.39, 0.29) is 23.9 Å². The van der Waals surface area contributed by atoms with Crippen LogP contribution < -0.4 is 16.2 Å². The maximum atomic E-state index is 12.6. The van der Waals surface area contributed by atoms with E-state index in [1.165, 1.54) is 4.57 Å². The second-order valence-corrected chi connectivity index (χ2v) is 7.10. The first kappa shape index (κ1) is 20.0. The third-order valence-electron chi connectivity index (χ3n) is 3.20. The normalized spacial score (nSPS) is 10.8. The summed E-state index contributed by atoms with van der Waals surface area (Å²) in [6.07, 6.45) is 1.57. The average Bonchev–Trinajstić information content (AvgIpc) is 2.54. The first-order valence-electron chi connectivity index (χ1n) is 7.86. The molecule has 0 atom stereocenters. The van der Waals surface area contributed by atoms with Gasteiger partial charge in [0.25, 0.3) is 5.56 Å². The molecule has 1 heterocycles. The quantitative estimate of drug-likeness (QED) is 0.446. The smallest absolute Gasteiger partial charge is 0.321 e. The van der Waals surface area contributed by atoms with Crippen molar-refractivity contribution in [3.05, 3.63) is 46.2 Å². The molecule has 0 saturated carbocycles. The summed E-state index contributed by atoms with van der Waals surface area (Å²) in [5, 5.41) is 6.04. The van der Waals surface area contributed by atoms with E-state index in [2.05, 4.69) is 22.2 Å². The molecule has 0 fully saturated rings. The van der Waals surface area contributed by atoms with Gasteiger partial charge in [0.2, 0.25) is 5.91 Å². The van der Waals surface area contributed by atoms with Crippen LogP contribution in [-0.4, -0.2) is 33.3 Å². The number of rotatable bonds is 6. The van der Waals surface area contributed by atoms with Crippen molar-refractivity contribution in [2.75, 3.05) is 5.75 Å². The molecule has 138 valence electrons. The Morgan fingerprint density at radius 2 is 2.15 bits per heavy atom. The van der Waals surface area contributed by atoms with Crippen LogP contribution in [0, 0.1) is 0 Å². The van der Waals surface area contributed by atoms with Crippen molar-refractivity contribution in [1.82, 2.24) is 20.2 Å². The number of hydrogen-bond donors (Lipinski definition) is 2. The molecule has 26 heavy (non-hydrogen) atoms. The van der Waals surface area contributed by atoms with Gasteiger partial charge in [0.15, 0.2) is 5.16 Å². The Morgan fingerprint density at radius 1 is 1.42 bits per heavy atom. The van der Waals surface area contributed by atoms with E-state index in [0.717, 1.165) is 11.8 Å². The number of urea groups is 1. The summed E-state index contributed by atoms with van der Waals surface area (Å²) in [5.74, 6) is -0.556. The van der Waals surface area contributed by atoms with Crippen LogP contribution in [0.2, 0.25) is 5.02 Å². The minimum atomic E-state index is -0.563. The summed E-state index contributed by atoms with van der Waals surface area (Å²) < 4.78 is 1.43. The van der Waals surface area contributed by atoms with Crippen LogP contribution >= 0.6 is 23.4 Å². The molecule has 0 aliphatic carbocycles. The second kappa shape index (κ2) is 8.86. The Bertz CT molecular complexity index is 911. The van der Waals surface area contributed by atoms with Gasteiger partial charge in [0.1, 0.15) is 0 Å². The lowest BCUT2D eigenvalue weighted by molar-refractivity contribution is -0.117. The predicted octanol–water partition coefficient (Wildman–Crippen LogP) is 2.56. The van der Waals surface area contributed by atoms with Crippen LogP contribution in [0.25, 0.3) is 10.9 Å². The van der Waals surface area contributed by atoms with Crippen LogP contribution in [0.1, 0.15) is 13.8 Å². The topological polar surface area (TPSA) is 93.1 Å².